The summed E-state index contributed by atoms with van der Waals surface area (Å²) in [6.45, 7) is -0.317. The molecule has 0 heterocycles. The monoisotopic (exact) mass is 236 g/mol. The summed E-state index contributed by atoms with van der Waals surface area (Å²) in [7, 11) is 0. The second kappa shape index (κ2) is 5.57. The summed E-state index contributed by atoms with van der Waals surface area (Å²) in [5, 5.41) is 8.47. The Labute approximate surface area is 100 Å². The summed E-state index contributed by atoms with van der Waals surface area (Å²) in [5.41, 5.74) is 0. The van der Waals surface area contributed by atoms with Crippen molar-refractivity contribution in [2.45, 2.75) is 31.8 Å². The van der Waals surface area contributed by atoms with Crippen LogP contribution in [0.5, 0.6) is 11.5 Å². The highest BCUT2D eigenvalue weighted by molar-refractivity contribution is 5.68. The van der Waals surface area contributed by atoms with Crippen molar-refractivity contribution in [2.24, 2.45) is 0 Å². The lowest BCUT2D eigenvalue weighted by Crippen LogP contribution is -2.11. The third-order valence-electron chi connectivity index (χ3n) is 2.79. The van der Waals surface area contributed by atoms with Crippen molar-refractivity contribution in [1.82, 2.24) is 0 Å². The molecular formula is C13H16O4. The molecule has 92 valence electrons. The number of ether oxygens (including phenoxy) is 2. The zero-order valence-electron chi connectivity index (χ0n) is 9.59. The highest BCUT2D eigenvalue weighted by atomic mass is 16.5. The molecule has 0 aromatic heterocycles. The van der Waals surface area contributed by atoms with Crippen molar-refractivity contribution in [3.05, 3.63) is 24.3 Å². The highest BCUT2D eigenvalue weighted by Gasteiger charge is 2.16. The Kier molecular flexibility index (Phi) is 3.85. The normalized spacial score (nSPS) is 15.8. The number of carbonyl (C=O) groups is 1. The Morgan fingerprint density at radius 3 is 2.35 bits per heavy atom. The van der Waals surface area contributed by atoms with Crippen LogP contribution in [0.2, 0.25) is 0 Å². The molecule has 0 unspecified atom stereocenters. The minimum atomic E-state index is -0.976. The molecule has 2 rings (SSSR count). The summed E-state index contributed by atoms with van der Waals surface area (Å²) >= 11 is 0. The molecule has 1 aliphatic rings. The number of carboxylic acids is 1. The van der Waals surface area contributed by atoms with Gasteiger partial charge >= 0.3 is 5.97 Å². The molecule has 17 heavy (non-hydrogen) atoms. The number of hydrogen-bond donors (Lipinski definition) is 1. The number of hydrogen-bond acceptors (Lipinski definition) is 3. The van der Waals surface area contributed by atoms with Crippen LogP contribution in [-0.2, 0) is 4.79 Å². The van der Waals surface area contributed by atoms with E-state index in [0.717, 1.165) is 18.6 Å². The van der Waals surface area contributed by atoms with Crippen LogP contribution in [0.15, 0.2) is 24.3 Å². The van der Waals surface area contributed by atoms with Gasteiger partial charge in [0.15, 0.2) is 6.61 Å². The molecule has 4 nitrogen and oxygen atoms in total. The lowest BCUT2D eigenvalue weighted by molar-refractivity contribution is -0.139. The van der Waals surface area contributed by atoms with E-state index in [4.69, 9.17) is 14.6 Å². The molecule has 0 aliphatic heterocycles. The maximum absolute atomic E-state index is 10.3. The number of carboxylic acid groups (broad SMARTS) is 1. The smallest absolute Gasteiger partial charge is 0.341 e. The van der Waals surface area contributed by atoms with Crippen LogP contribution in [0.25, 0.3) is 0 Å². The van der Waals surface area contributed by atoms with E-state index in [2.05, 4.69) is 0 Å². The van der Waals surface area contributed by atoms with Gasteiger partial charge in [-0.05, 0) is 49.9 Å². The highest BCUT2D eigenvalue weighted by Crippen LogP contribution is 2.25. The Balaban J connectivity index is 1.86. The van der Waals surface area contributed by atoms with Gasteiger partial charge in [-0.25, -0.2) is 4.79 Å². The van der Waals surface area contributed by atoms with E-state index in [9.17, 15) is 4.79 Å². The van der Waals surface area contributed by atoms with E-state index in [1.807, 2.05) is 12.1 Å². The van der Waals surface area contributed by atoms with Gasteiger partial charge in [0, 0.05) is 0 Å². The van der Waals surface area contributed by atoms with Crippen LogP contribution in [-0.4, -0.2) is 23.8 Å². The van der Waals surface area contributed by atoms with Crippen LogP contribution in [0.3, 0.4) is 0 Å². The molecule has 1 N–H and O–H groups in total. The van der Waals surface area contributed by atoms with Crippen molar-refractivity contribution in [1.29, 1.82) is 0 Å². The predicted molar refractivity (Wildman–Crippen MR) is 62.5 cm³/mol. The lowest BCUT2D eigenvalue weighted by Gasteiger charge is -2.13. The molecule has 1 aromatic rings. The Morgan fingerprint density at radius 2 is 1.76 bits per heavy atom. The van der Waals surface area contributed by atoms with Gasteiger partial charge in [0.05, 0.1) is 6.10 Å². The van der Waals surface area contributed by atoms with Gasteiger partial charge in [-0.15, -0.1) is 0 Å². The first kappa shape index (κ1) is 11.8. The molecule has 4 heteroatoms. The first-order chi connectivity index (χ1) is 8.24. The molecule has 0 atom stereocenters. The SMILES string of the molecule is O=C(O)COc1ccc(OC2CCCC2)cc1. The first-order valence-electron chi connectivity index (χ1n) is 5.85. The van der Waals surface area contributed by atoms with E-state index < -0.39 is 5.97 Å². The summed E-state index contributed by atoms with van der Waals surface area (Å²) in [5.74, 6) is 0.391. The molecule has 1 fully saturated rings. The van der Waals surface area contributed by atoms with Crippen LogP contribution >= 0.6 is 0 Å². The van der Waals surface area contributed by atoms with Crippen molar-refractivity contribution < 1.29 is 19.4 Å². The van der Waals surface area contributed by atoms with E-state index in [-0.39, 0.29) is 6.61 Å². The number of aliphatic carboxylic acids is 1. The summed E-state index contributed by atoms with van der Waals surface area (Å²) in [4.78, 5) is 10.3. The summed E-state index contributed by atoms with van der Waals surface area (Å²) in [6, 6.07) is 7.09. The van der Waals surface area contributed by atoms with Gasteiger partial charge in [0.25, 0.3) is 0 Å². The Morgan fingerprint density at radius 1 is 1.18 bits per heavy atom. The quantitative estimate of drug-likeness (QED) is 0.853. The fraction of sp³-hybridized carbons (Fsp3) is 0.462. The van der Waals surface area contributed by atoms with Gasteiger partial charge < -0.3 is 14.6 Å². The average Bonchev–Trinajstić information content (AvgIpc) is 2.81. The van der Waals surface area contributed by atoms with Gasteiger partial charge in [-0.3, -0.25) is 0 Å². The molecule has 0 radical (unpaired) electrons. The van der Waals surface area contributed by atoms with E-state index >= 15 is 0 Å². The van der Waals surface area contributed by atoms with Crippen LogP contribution in [0.4, 0.5) is 0 Å². The largest absolute Gasteiger partial charge is 0.490 e. The van der Waals surface area contributed by atoms with Crippen LogP contribution < -0.4 is 9.47 Å². The molecule has 0 amide bonds. The summed E-state index contributed by atoms with van der Waals surface area (Å²) in [6.07, 6.45) is 5.06. The first-order valence-corrected chi connectivity index (χ1v) is 5.85. The third kappa shape index (κ3) is 3.66. The van der Waals surface area contributed by atoms with Crippen molar-refractivity contribution in [2.75, 3.05) is 6.61 Å². The van der Waals surface area contributed by atoms with Crippen molar-refractivity contribution >= 4 is 5.97 Å². The minimum Gasteiger partial charge on any atom is -0.490 e. The summed E-state index contributed by atoms with van der Waals surface area (Å²) < 4.78 is 10.8. The van der Waals surface area contributed by atoms with Crippen LogP contribution in [0.1, 0.15) is 25.7 Å². The maximum atomic E-state index is 10.3. The van der Waals surface area contributed by atoms with E-state index in [0.29, 0.717) is 11.9 Å². The molecule has 0 spiro atoms. The third-order valence-corrected chi connectivity index (χ3v) is 2.79. The number of benzene rings is 1. The Bertz CT molecular complexity index is 366. The molecule has 0 saturated heterocycles. The molecule has 1 aliphatic carbocycles. The Hall–Kier alpha value is -1.71. The van der Waals surface area contributed by atoms with Gasteiger partial charge in [0.1, 0.15) is 11.5 Å². The molecule has 0 bridgehead atoms. The predicted octanol–water partition coefficient (Wildman–Crippen LogP) is 2.47. The fourth-order valence-electron chi connectivity index (χ4n) is 1.96. The maximum Gasteiger partial charge on any atom is 0.341 e. The number of rotatable bonds is 5. The van der Waals surface area contributed by atoms with Gasteiger partial charge in [-0.1, -0.05) is 0 Å². The van der Waals surface area contributed by atoms with Crippen molar-refractivity contribution in [3.8, 4) is 11.5 Å². The van der Waals surface area contributed by atoms with Gasteiger partial charge in [0.2, 0.25) is 0 Å². The molecular weight excluding hydrogens is 220 g/mol. The second-order valence-corrected chi connectivity index (χ2v) is 4.18. The molecule has 1 aromatic carbocycles. The minimum absolute atomic E-state index is 0.317. The zero-order valence-corrected chi connectivity index (χ0v) is 9.59. The zero-order chi connectivity index (χ0) is 12.1. The van der Waals surface area contributed by atoms with Crippen LogP contribution in [0, 0.1) is 0 Å². The second-order valence-electron chi connectivity index (χ2n) is 4.18. The molecule has 1 saturated carbocycles. The topological polar surface area (TPSA) is 55.8 Å². The standard InChI is InChI=1S/C13H16O4/c14-13(15)9-16-10-5-7-12(8-6-10)17-11-3-1-2-4-11/h5-8,11H,1-4,9H2,(H,14,15). The lowest BCUT2D eigenvalue weighted by atomic mass is 10.3. The fourth-order valence-corrected chi connectivity index (χ4v) is 1.96. The van der Waals surface area contributed by atoms with Crippen molar-refractivity contribution in [3.63, 3.8) is 0 Å². The van der Waals surface area contributed by atoms with E-state index in [1.165, 1.54) is 12.8 Å². The average molecular weight is 236 g/mol. The van der Waals surface area contributed by atoms with E-state index in [1.54, 1.807) is 12.1 Å². The van der Waals surface area contributed by atoms with Gasteiger partial charge in [-0.2, -0.15) is 0 Å².